The van der Waals surface area contributed by atoms with Gasteiger partial charge in [0, 0.05) is 17.7 Å². The third-order valence-corrected chi connectivity index (χ3v) is 2.42. The molecule has 0 fully saturated rings. The second-order valence-corrected chi connectivity index (χ2v) is 3.60. The maximum atomic E-state index is 11.1. The Kier molecular flexibility index (Phi) is 3.08. The van der Waals surface area contributed by atoms with Crippen LogP contribution < -0.4 is 5.73 Å². The highest BCUT2D eigenvalue weighted by Crippen LogP contribution is 2.31. The molecule has 2 rings (SSSR count). The number of hydrogen-bond acceptors (Lipinski definition) is 7. The van der Waals surface area contributed by atoms with Gasteiger partial charge in [0.25, 0.3) is 5.91 Å². The molecule has 0 saturated heterocycles. The molecule has 11 nitrogen and oxygen atoms in total. The molecular weight excluding hydrogens is 272 g/mol. The molecule has 0 spiro atoms. The molecule has 1 amide bonds. The Morgan fingerprint density at radius 3 is 2.35 bits per heavy atom. The van der Waals surface area contributed by atoms with E-state index in [1.54, 1.807) is 0 Å². The maximum Gasteiger partial charge on any atom is 0.346 e. The van der Waals surface area contributed by atoms with Gasteiger partial charge in [-0.1, -0.05) is 0 Å². The molecule has 0 aliphatic heterocycles. The first-order chi connectivity index (χ1) is 9.41. The number of carbonyl (C=O) groups is 1. The van der Waals surface area contributed by atoms with Crippen molar-refractivity contribution in [3.8, 4) is 11.3 Å². The number of H-pyrrole nitrogens is 1. The summed E-state index contributed by atoms with van der Waals surface area (Å²) in [6, 6.07) is 3.10. The van der Waals surface area contributed by atoms with Gasteiger partial charge in [-0.05, 0) is 6.07 Å². The predicted molar refractivity (Wildman–Crippen MR) is 63.6 cm³/mol. The molecule has 1 heterocycles. The second-order valence-electron chi connectivity index (χ2n) is 3.60. The second kappa shape index (κ2) is 4.72. The average Bonchev–Trinajstić information content (AvgIpc) is 2.87. The third kappa shape index (κ3) is 2.14. The fourth-order valence-electron chi connectivity index (χ4n) is 1.58. The van der Waals surface area contributed by atoms with Gasteiger partial charge in [-0.3, -0.25) is 25.0 Å². The highest BCUT2D eigenvalue weighted by Gasteiger charge is 2.26. The molecule has 2 aromatic rings. The van der Waals surface area contributed by atoms with Gasteiger partial charge in [0.1, 0.15) is 5.69 Å². The van der Waals surface area contributed by atoms with Crippen molar-refractivity contribution < 1.29 is 14.6 Å². The van der Waals surface area contributed by atoms with Crippen LogP contribution in [0, 0.1) is 20.2 Å². The van der Waals surface area contributed by atoms with Crippen LogP contribution in [0.5, 0.6) is 0 Å². The summed E-state index contributed by atoms with van der Waals surface area (Å²) in [5.41, 5.74) is 3.57. The van der Waals surface area contributed by atoms with Crippen LogP contribution >= 0.6 is 0 Å². The lowest BCUT2D eigenvalue weighted by molar-refractivity contribution is -0.422. The highest BCUT2D eigenvalue weighted by atomic mass is 16.6. The zero-order chi connectivity index (χ0) is 14.9. The van der Waals surface area contributed by atoms with Crippen LogP contribution in [0.3, 0.4) is 0 Å². The molecular formula is C9H6N6O5. The molecule has 0 radical (unpaired) electrons. The summed E-state index contributed by atoms with van der Waals surface area (Å²) in [7, 11) is 0. The lowest BCUT2D eigenvalue weighted by atomic mass is 10.1. The molecule has 0 bridgehead atoms. The van der Waals surface area contributed by atoms with E-state index in [1.807, 2.05) is 0 Å². The van der Waals surface area contributed by atoms with Crippen molar-refractivity contribution in [2.75, 3.05) is 0 Å². The van der Waals surface area contributed by atoms with Gasteiger partial charge in [-0.2, -0.15) is 15.4 Å². The molecule has 0 unspecified atom stereocenters. The Bertz CT molecular complexity index is 723. The molecule has 1 aromatic heterocycles. The first-order valence-corrected chi connectivity index (χ1v) is 5.05. The number of aromatic amines is 1. The Morgan fingerprint density at radius 2 is 1.80 bits per heavy atom. The summed E-state index contributed by atoms with van der Waals surface area (Å²) in [5.74, 6) is -0.880. The Morgan fingerprint density at radius 1 is 1.15 bits per heavy atom. The summed E-state index contributed by atoms with van der Waals surface area (Å²) >= 11 is 0. The number of benzene rings is 1. The molecule has 0 saturated carbocycles. The van der Waals surface area contributed by atoms with Crippen molar-refractivity contribution in [2.24, 2.45) is 5.73 Å². The van der Waals surface area contributed by atoms with Gasteiger partial charge < -0.3 is 5.73 Å². The van der Waals surface area contributed by atoms with E-state index in [-0.39, 0.29) is 17.0 Å². The third-order valence-electron chi connectivity index (χ3n) is 2.42. The number of nitro groups is 2. The summed E-state index contributed by atoms with van der Waals surface area (Å²) < 4.78 is 0. The van der Waals surface area contributed by atoms with E-state index in [0.717, 1.165) is 12.1 Å². The van der Waals surface area contributed by atoms with E-state index in [0.29, 0.717) is 0 Å². The Balaban J connectivity index is 2.62. The van der Waals surface area contributed by atoms with Crippen molar-refractivity contribution in [1.82, 2.24) is 15.4 Å². The number of hydrogen-bond donors (Lipinski definition) is 2. The summed E-state index contributed by atoms with van der Waals surface area (Å²) in [6.45, 7) is 0. The Hall–Kier alpha value is -3.37. The number of rotatable bonds is 4. The van der Waals surface area contributed by atoms with E-state index < -0.39 is 27.1 Å². The molecule has 0 aliphatic rings. The molecule has 3 N–H and O–H groups in total. The van der Waals surface area contributed by atoms with Gasteiger partial charge in [-0.15, -0.1) is 0 Å². The van der Waals surface area contributed by atoms with Gasteiger partial charge in [0.05, 0.1) is 9.85 Å². The first-order valence-electron chi connectivity index (χ1n) is 5.05. The number of primary amides is 1. The summed E-state index contributed by atoms with van der Waals surface area (Å²) in [5, 5.41) is 30.8. The van der Waals surface area contributed by atoms with Crippen molar-refractivity contribution >= 4 is 17.3 Å². The van der Waals surface area contributed by atoms with Crippen LogP contribution in [0.4, 0.5) is 11.4 Å². The zero-order valence-electron chi connectivity index (χ0n) is 9.64. The molecule has 20 heavy (non-hydrogen) atoms. The molecule has 1 aromatic carbocycles. The van der Waals surface area contributed by atoms with Crippen LogP contribution in [0.25, 0.3) is 11.3 Å². The predicted octanol–water partition coefficient (Wildman–Crippen LogP) is 0.387. The van der Waals surface area contributed by atoms with Crippen LogP contribution in [0.15, 0.2) is 18.2 Å². The van der Waals surface area contributed by atoms with Crippen molar-refractivity contribution in [3.05, 3.63) is 44.1 Å². The quantitative estimate of drug-likeness (QED) is 0.601. The normalized spacial score (nSPS) is 10.2. The minimum atomic E-state index is -0.897. The SMILES string of the molecule is NC(=O)c1n[nH]nc1-c1ccc([N+](=O)[O-])c([N+](=O)[O-])c1. The van der Waals surface area contributed by atoms with Crippen molar-refractivity contribution in [2.45, 2.75) is 0 Å². The molecule has 11 heteroatoms. The van der Waals surface area contributed by atoms with E-state index in [2.05, 4.69) is 15.4 Å². The number of nitrogens with two attached hydrogens (primary N) is 1. The number of aromatic nitrogens is 3. The van der Waals surface area contributed by atoms with Gasteiger partial charge in [-0.25, -0.2) is 0 Å². The molecule has 0 atom stereocenters. The monoisotopic (exact) mass is 278 g/mol. The van der Waals surface area contributed by atoms with E-state index >= 15 is 0 Å². The van der Waals surface area contributed by atoms with Crippen molar-refractivity contribution in [1.29, 1.82) is 0 Å². The van der Waals surface area contributed by atoms with E-state index in [9.17, 15) is 25.0 Å². The van der Waals surface area contributed by atoms with Crippen LogP contribution in [0.2, 0.25) is 0 Å². The molecule has 0 aliphatic carbocycles. The maximum absolute atomic E-state index is 11.1. The first kappa shape index (κ1) is 13.1. The minimum absolute atomic E-state index is 0.0181. The van der Waals surface area contributed by atoms with Gasteiger partial charge >= 0.3 is 11.4 Å². The van der Waals surface area contributed by atoms with Gasteiger partial charge in [0.15, 0.2) is 5.69 Å². The van der Waals surface area contributed by atoms with Gasteiger partial charge in [0.2, 0.25) is 0 Å². The lowest BCUT2D eigenvalue weighted by Crippen LogP contribution is -2.12. The Labute approximate surface area is 109 Å². The fraction of sp³-hybridized carbons (Fsp3) is 0. The lowest BCUT2D eigenvalue weighted by Gasteiger charge is -1.99. The number of nitro benzene ring substituents is 2. The fourth-order valence-corrected chi connectivity index (χ4v) is 1.58. The van der Waals surface area contributed by atoms with Crippen molar-refractivity contribution in [3.63, 3.8) is 0 Å². The smallest absolute Gasteiger partial charge is 0.346 e. The summed E-state index contributed by atoms with van der Waals surface area (Å²) in [6.07, 6.45) is 0. The zero-order valence-corrected chi connectivity index (χ0v) is 9.64. The molecule has 102 valence electrons. The van der Waals surface area contributed by atoms with Crippen LogP contribution in [-0.4, -0.2) is 31.2 Å². The number of amides is 1. The summed E-state index contributed by atoms with van der Waals surface area (Å²) in [4.78, 5) is 30.9. The van der Waals surface area contributed by atoms with Crippen LogP contribution in [-0.2, 0) is 0 Å². The topological polar surface area (TPSA) is 171 Å². The number of nitrogens with zero attached hydrogens (tertiary/aromatic N) is 4. The van der Waals surface area contributed by atoms with E-state index in [1.165, 1.54) is 6.07 Å². The standard InChI is InChI=1S/C9H6N6O5/c10-9(16)8-7(11-13-12-8)4-1-2-5(14(17)18)6(3-4)15(19)20/h1-3H,(H2,10,16)(H,11,12,13). The minimum Gasteiger partial charge on any atom is -0.364 e. The highest BCUT2D eigenvalue weighted by molar-refractivity contribution is 5.96. The largest absolute Gasteiger partial charge is 0.364 e. The number of nitrogens with one attached hydrogen (secondary N) is 1. The number of carbonyl (C=O) groups excluding carboxylic acids is 1. The van der Waals surface area contributed by atoms with Crippen LogP contribution in [0.1, 0.15) is 10.5 Å². The van der Waals surface area contributed by atoms with E-state index in [4.69, 9.17) is 5.73 Å². The average molecular weight is 278 g/mol.